The van der Waals surface area contributed by atoms with E-state index in [1.165, 1.54) is 36.7 Å². The number of phenolic OH excluding ortho intramolecular Hbond substituents is 1. The summed E-state index contributed by atoms with van der Waals surface area (Å²) in [7, 11) is -3.50. The van der Waals surface area contributed by atoms with Gasteiger partial charge in [0.25, 0.3) is 0 Å². The van der Waals surface area contributed by atoms with Crippen molar-refractivity contribution in [2.24, 2.45) is 5.92 Å². The van der Waals surface area contributed by atoms with E-state index >= 15 is 0 Å². The third-order valence-electron chi connectivity index (χ3n) is 4.39. The number of amides is 1. The number of nitrogens with zero attached hydrogens (tertiary/aromatic N) is 3. The van der Waals surface area contributed by atoms with Crippen molar-refractivity contribution in [2.75, 3.05) is 11.1 Å². The van der Waals surface area contributed by atoms with Crippen LogP contribution in [0.5, 0.6) is 5.75 Å². The molecule has 10 nitrogen and oxygen atoms in total. The van der Waals surface area contributed by atoms with Crippen LogP contribution in [0.15, 0.2) is 23.1 Å². The molecule has 1 aromatic heterocycles. The Morgan fingerprint density at radius 2 is 2.04 bits per heavy atom. The van der Waals surface area contributed by atoms with Crippen LogP contribution in [0.1, 0.15) is 25.2 Å². The van der Waals surface area contributed by atoms with Crippen molar-refractivity contribution in [3.05, 3.63) is 39.7 Å². The van der Waals surface area contributed by atoms with E-state index in [-0.39, 0.29) is 40.0 Å². The summed E-state index contributed by atoms with van der Waals surface area (Å²) in [5.41, 5.74) is 0.472. The van der Waals surface area contributed by atoms with Gasteiger partial charge in [-0.25, -0.2) is 8.42 Å². The molecule has 1 unspecified atom stereocenters. The zero-order valence-electron chi connectivity index (χ0n) is 16.0. The topological polar surface area (TPSA) is 144 Å². The highest BCUT2D eigenvalue weighted by Crippen LogP contribution is 2.28. The molecule has 1 amide bonds. The molecule has 0 aliphatic rings. The van der Waals surface area contributed by atoms with Crippen LogP contribution < -0.4 is 5.32 Å². The van der Waals surface area contributed by atoms with Crippen molar-refractivity contribution in [2.45, 2.75) is 39.1 Å². The van der Waals surface area contributed by atoms with Gasteiger partial charge in [0, 0.05) is 0 Å². The number of benzene rings is 1. The van der Waals surface area contributed by atoms with Crippen LogP contribution in [-0.4, -0.2) is 39.9 Å². The SMILES string of the molecule is CCS(=O)(=O)c1ccc(O)c(NC(=O)C(C)Cn2nc(C)c([N+](=O)[O-])c2C)c1. The summed E-state index contributed by atoms with van der Waals surface area (Å²) in [4.78, 5) is 23.1. The van der Waals surface area contributed by atoms with Crippen molar-refractivity contribution in [1.29, 1.82) is 0 Å². The number of aromatic nitrogens is 2. The first-order valence-corrected chi connectivity index (χ1v) is 10.2. The fraction of sp³-hybridized carbons (Fsp3) is 0.412. The highest BCUT2D eigenvalue weighted by atomic mass is 32.2. The molecule has 0 fully saturated rings. The minimum absolute atomic E-state index is 0.00933. The minimum atomic E-state index is -3.50. The maximum absolute atomic E-state index is 12.5. The normalized spacial score (nSPS) is 12.6. The van der Waals surface area contributed by atoms with E-state index in [0.29, 0.717) is 5.69 Å². The van der Waals surface area contributed by atoms with Gasteiger partial charge >= 0.3 is 5.69 Å². The van der Waals surface area contributed by atoms with Crippen LogP contribution in [-0.2, 0) is 21.2 Å². The Morgan fingerprint density at radius 1 is 1.39 bits per heavy atom. The van der Waals surface area contributed by atoms with Crippen LogP contribution in [0, 0.1) is 29.9 Å². The van der Waals surface area contributed by atoms with Gasteiger partial charge in [-0.1, -0.05) is 13.8 Å². The van der Waals surface area contributed by atoms with Crippen molar-refractivity contribution in [3.8, 4) is 5.75 Å². The second kappa shape index (κ2) is 7.97. The van der Waals surface area contributed by atoms with Gasteiger partial charge in [0.2, 0.25) is 5.91 Å². The molecule has 28 heavy (non-hydrogen) atoms. The van der Waals surface area contributed by atoms with Gasteiger partial charge in [-0.2, -0.15) is 5.10 Å². The van der Waals surface area contributed by atoms with Crippen molar-refractivity contribution < 1.29 is 23.2 Å². The maximum atomic E-state index is 12.5. The quantitative estimate of drug-likeness (QED) is 0.404. The lowest BCUT2D eigenvalue weighted by Crippen LogP contribution is -2.25. The average Bonchev–Trinajstić information content (AvgIpc) is 2.90. The fourth-order valence-corrected chi connectivity index (χ4v) is 3.61. The Kier molecular flexibility index (Phi) is 6.07. The number of phenols is 1. The third kappa shape index (κ3) is 4.30. The summed E-state index contributed by atoms with van der Waals surface area (Å²) in [6.07, 6.45) is 0. The highest BCUT2D eigenvalue weighted by Gasteiger charge is 2.24. The number of rotatable bonds is 7. The number of aryl methyl sites for hydroxylation is 1. The van der Waals surface area contributed by atoms with Crippen LogP contribution in [0.2, 0.25) is 0 Å². The number of sulfone groups is 1. The van der Waals surface area contributed by atoms with Gasteiger partial charge in [0.1, 0.15) is 17.1 Å². The molecule has 1 atom stereocenters. The second-order valence-corrected chi connectivity index (χ2v) is 8.71. The molecule has 0 saturated heterocycles. The number of anilines is 1. The monoisotopic (exact) mass is 410 g/mol. The Balaban J connectivity index is 2.21. The van der Waals surface area contributed by atoms with E-state index in [0.717, 1.165) is 0 Å². The molecule has 0 aliphatic heterocycles. The van der Waals surface area contributed by atoms with Crippen molar-refractivity contribution in [1.82, 2.24) is 9.78 Å². The van der Waals surface area contributed by atoms with Crippen molar-refractivity contribution in [3.63, 3.8) is 0 Å². The molecule has 0 saturated carbocycles. The van der Waals surface area contributed by atoms with E-state index in [2.05, 4.69) is 10.4 Å². The van der Waals surface area contributed by atoms with Gasteiger partial charge < -0.3 is 10.4 Å². The Bertz CT molecular complexity index is 1030. The molecular weight excluding hydrogens is 388 g/mol. The molecule has 0 bridgehead atoms. The predicted molar refractivity (Wildman–Crippen MR) is 102 cm³/mol. The molecule has 2 N–H and O–H groups in total. The van der Waals surface area contributed by atoms with E-state index in [1.54, 1.807) is 13.8 Å². The van der Waals surface area contributed by atoms with Crippen LogP contribution in [0.25, 0.3) is 0 Å². The number of carbonyl (C=O) groups is 1. The van der Waals surface area contributed by atoms with Gasteiger partial charge in [-0.05, 0) is 32.0 Å². The number of nitro groups is 1. The first kappa shape index (κ1) is 21.4. The summed E-state index contributed by atoms with van der Waals surface area (Å²) in [5.74, 6) is -1.52. The zero-order valence-corrected chi connectivity index (χ0v) is 16.8. The predicted octanol–water partition coefficient (Wildman–Crippen LogP) is 2.18. The standard InChI is InChI=1S/C17H22N4O6S/c1-5-28(26,27)13-6-7-15(22)14(8-13)18-17(23)10(2)9-20-12(4)16(21(24)25)11(3)19-20/h6-8,10,22H,5,9H2,1-4H3,(H,18,23). The molecule has 0 aliphatic carbocycles. The van der Waals surface area contributed by atoms with Gasteiger partial charge in [-0.3, -0.25) is 19.6 Å². The minimum Gasteiger partial charge on any atom is -0.506 e. The Hall–Kier alpha value is -2.95. The first-order valence-electron chi connectivity index (χ1n) is 8.53. The smallest absolute Gasteiger partial charge is 0.312 e. The Labute approximate surface area is 162 Å². The highest BCUT2D eigenvalue weighted by molar-refractivity contribution is 7.91. The molecular formula is C17H22N4O6S. The molecule has 2 rings (SSSR count). The van der Waals surface area contributed by atoms with E-state index in [1.807, 2.05) is 0 Å². The number of aromatic hydroxyl groups is 1. The molecule has 0 radical (unpaired) electrons. The number of nitrogens with one attached hydrogen (secondary N) is 1. The molecule has 1 aromatic carbocycles. The van der Waals surface area contributed by atoms with Gasteiger partial charge in [0.15, 0.2) is 9.84 Å². The second-order valence-electron chi connectivity index (χ2n) is 6.43. The summed E-state index contributed by atoms with van der Waals surface area (Å²) in [6.45, 7) is 6.25. The van der Waals surface area contributed by atoms with Crippen molar-refractivity contribution >= 4 is 27.1 Å². The van der Waals surface area contributed by atoms with Crippen LogP contribution in [0.3, 0.4) is 0 Å². The lowest BCUT2D eigenvalue weighted by molar-refractivity contribution is -0.386. The number of carbonyl (C=O) groups excluding carboxylic acids is 1. The number of hydrogen-bond donors (Lipinski definition) is 2. The summed E-state index contributed by atoms with van der Waals surface area (Å²) >= 11 is 0. The van der Waals surface area contributed by atoms with E-state index in [4.69, 9.17) is 0 Å². The lowest BCUT2D eigenvalue weighted by Gasteiger charge is -2.14. The fourth-order valence-electron chi connectivity index (χ4n) is 2.70. The maximum Gasteiger partial charge on any atom is 0.312 e. The molecule has 1 heterocycles. The van der Waals surface area contributed by atoms with E-state index < -0.39 is 26.6 Å². The summed E-state index contributed by atoms with van der Waals surface area (Å²) < 4.78 is 25.4. The number of hydrogen-bond acceptors (Lipinski definition) is 7. The van der Waals surface area contributed by atoms with Gasteiger partial charge in [-0.15, -0.1) is 0 Å². The molecule has 152 valence electrons. The van der Waals surface area contributed by atoms with E-state index in [9.17, 15) is 28.4 Å². The molecule has 0 spiro atoms. The summed E-state index contributed by atoms with van der Waals surface area (Å²) in [6, 6.07) is 3.67. The molecule has 11 heteroatoms. The van der Waals surface area contributed by atoms with Crippen LogP contribution >= 0.6 is 0 Å². The zero-order chi connectivity index (χ0) is 21.2. The average molecular weight is 410 g/mol. The lowest BCUT2D eigenvalue weighted by atomic mass is 10.1. The molecule has 2 aromatic rings. The first-order chi connectivity index (χ1) is 13.0. The van der Waals surface area contributed by atoms with Gasteiger partial charge in [0.05, 0.1) is 33.7 Å². The third-order valence-corrected chi connectivity index (χ3v) is 6.12. The Morgan fingerprint density at radius 3 is 2.57 bits per heavy atom. The summed E-state index contributed by atoms with van der Waals surface area (Å²) in [5, 5.41) is 27.6. The largest absolute Gasteiger partial charge is 0.506 e. The van der Waals surface area contributed by atoms with Crippen LogP contribution in [0.4, 0.5) is 11.4 Å².